The Hall–Kier alpha value is -3.35. The standard InChI is InChI=1S/C25H21ClN4OS/c1-16-10-12-20(29(16)18-7-3-2-4-8-18)24-23(19-9-5-6-14-27-19)28-25(32)30(24)21-15-17(26)11-13-22(21)31/h2-15,23-24,31H,1H3,(H,28,32)/t23-,24-/m0/s1. The van der Waals surface area contributed by atoms with Gasteiger partial charge in [0.25, 0.3) is 0 Å². The number of halogens is 1. The summed E-state index contributed by atoms with van der Waals surface area (Å²) in [5, 5.41) is 15.2. The van der Waals surface area contributed by atoms with Crippen LogP contribution < -0.4 is 10.2 Å². The average molecular weight is 461 g/mol. The molecule has 7 heteroatoms. The Morgan fingerprint density at radius 2 is 1.78 bits per heavy atom. The van der Waals surface area contributed by atoms with Gasteiger partial charge in [0.2, 0.25) is 0 Å². The van der Waals surface area contributed by atoms with Crippen molar-refractivity contribution in [3.05, 3.63) is 107 Å². The van der Waals surface area contributed by atoms with Crippen molar-refractivity contribution in [3.8, 4) is 11.4 Å². The second-order valence-electron chi connectivity index (χ2n) is 7.70. The van der Waals surface area contributed by atoms with Crippen molar-refractivity contribution in [2.45, 2.75) is 19.0 Å². The van der Waals surface area contributed by atoms with E-state index in [1.165, 1.54) is 0 Å². The zero-order chi connectivity index (χ0) is 22.2. The molecular weight excluding hydrogens is 440 g/mol. The molecule has 0 saturated carbocycles. The van der Waals surface area contributed by atoms with Crippen LogP contribution in [0.4, 0.5) is 5.69 Å². The summed E-state index contributed by atoms with van der Waals surface area (Å²) in [4.78, 5) is 6.54. The summed E-state index contributed by atoms with van der Waals surface area (Å²) in [5.74, 6) is 0.111. The summed E-state index contributed by atoms with van der Waals surface area (Å²) in [6.07, 6.45) is 1.78. The molecule has 0 spiro atoms. The number of aromatic nitrogens is 2. The number of para-hydroxylation sites is 1. The minimum atomic E-state index is -0.268. The van der Waals surface area contributed by atoms with Gasteiger partial charge in [-0.3, -0.25) is 4.98 Å². The first kappa shape index (κ1) is 20.5. The van der Waals surface area contributed by atoms with Gasteiger partial charge in [-0.25, -0.2) is 0 Å². The third-order valence-corrected chi connectivity index (χ3v) is 6.27. The molecule has 1 saturated heterocycles. The fraction of sp³-hybridized carbons (Fsp3) is 0.120. The van der Waals surface area contributed by atoms with Gasteiger partial charge in [-0.1, -0.05) is 35.9 Å². The second kappa shape index (κ2) is 8.30. The predicted octanol–water partition coefficient (Wildman–Crippen LogP) is 5.72. The fourth-order valence-corrected chi connectivity index (χ4v) is 4.83. The maximum atomic E-state index is 10.7. The van der Waals surface area contributed by atoms with Crippen molar-refractivity contribution < 1.29 is 5.11 Å². The van der Waals surface area contributed by atoms with Crippen LogP contribution in [-0.2, 0) is 0 Å². The molecule has 5 rings (SSSR count). The molecular formula is C25H21ClN4OS. The van der Waals surface area contributed by atoms with E-state index >= 15 is 0 Å². The quantitative estimate of drug-likeness (QED) is 0.381. The number of phenolic OH excluding ortho intramolecular Hbond substituents is 1. The number of phenols is 1. The summed E-state index contributed by atoms with van der Waals surface area (Å²) >= 11 is 12.1. The van der Waals surface area contributed by atoms with E-state index in [0.29, 0.717) is 15.8 Å². The van der Waals surface area contributed by atoms with Crippen LogP contribution in [0.5, 0.6) is 5.75 Å². The number of pyridine rings is 1. The van der Waals surface area contributed by atoms with Crippen molar-refractivity contribution in [2.75, 3.05) is 4.90 Å². The molecule has 2 N–H and O–H groups in total. The Morgan fingerprint density at radius 3 is 2.53 bits per heavy atom. The van der Waals surface area contributed by atoms with Crippen LogP contribution in [0.1, 0.15) is 29.2 Å². The third kappa shape index (κ3) is 3.51. The van der Waals surface area contributed by atoms with Gasteiger partial charge in [0.15, 0.2) is 5.11 Å². The molecule has 0 bridgehead atoms. The van der Waals surface area contributed by atoms with Gasteiger partial charge in [0, 0.05) is 28.3 Å². The van der Waals surface area contributed by atoms with E-state index in [-0.39, 0.29) is 17.8 Å². The van der Waals surface area contributed by atoms with Crippen molar-refractivity contribution in [2.24, 2.45) is 0 Å². The molecule has 1 aliphatic heterocycles. The molecule has 32 heavy (non-hydrogen) atoms. The number of nitrogens with zero attached hydrogens (tertiary/aromatic N) is 3. The van der Waals surface area contributed by atoms with Gasteiger partial charge < -0.3 is 19.9 Å². The molecule has 0 unspecified atom stereocenters. The molecule has 2 atom stereocenters. The molecule has 2 aromatic heterocycles. The molecule has 3 heterocycles. The first-order valence-corrected chi connectivity index (χ1v) is 11.1. The number of thiocarbonyl (C=S) groups is 1. The highest BCUT2D eigenvalue weighted by molar-refractivity contribution is 7.80. The zero-order valence-electron chi connectivity index (χ0n) is 17.3. The summed E-state index contributed by atoms with van der Waals surface area (Å²) < 4.78 is 2.21. The Morgan fingerprint density at radius 1 is 1.00 bits per heavy atom. The largest absolute Gasteiger partial charge is 0.506 e. The second-order valence-corrected chi connectivity index (χ2v) is 8.52. The van der Waals surface area contributed by atoms with E-state index in [1.807, 2.05) is 41.3 Å². The SMILES string of the molecule is Cc1ccc([C@H]2[C@H](c3ccccn3)NC(=S)N2c2cc(Cl)ccc2O)n1-c1ccccc1. The molecule has 1 fully saturated rings. The van der Waals surface area contributed by atoms with Gasteiger partial charge in [-0.2, -0.15) is 0 Å². The number of hydrogen-bond donors (Lipinski definition) is 2. The number of benzene rings is 2. The highest BCUT2D eigenvalue weighted by Crippen LogP contribution is 2.45. The van der Waals surface area contributed by atoms with Crippen LogP contribution in [0.2, 0.25) is 5.02 Å². The lowest BCUT2D eigenvalue weighted by Gasteiger charge is -2.29. The van der Waals surface area contributed by atoms with Gasteiger partial charge in [0.1, 0.15) is 11.8 Å². The lowest BCUT2D eigenvalue weighted by molar-refractivity contribution is 0.472. The van der Waals surface area contributed by atoms with E-state index in [0.717, 1.165) is 22.8 Å². The number of aromatic hydroxyl groups is 1. The van der Waals surface area contributed by atoms with Crippen molar-refractivity contribution >= 4 is 34.6 Å². The van der Waals surface area contributed by atoms with Crippen molar-refractivity contribution in [1.29, 1.82) is 0 Å². The monoisotopic (exact) mass is 460 g/mol. The Kier molecular flexibility index (Phi) is 5.33. The number of anilines is 1. The van der Waals surface area contributed by atoms with E-state index < -0.39 is 0 Å². The third-order valence-electron chi connectivity index (χ3n) is 5.72. The maximum Gasteiger partial charge on any atom is 0.174 e. The van der Waals surface area contributed by atoms with Crippen LogP contribution in [0, 0.1) is 6.92 Å². The minimum Gasteiger partial charge on any atom is -0.506 e. The summed E-state index contributed by atoms with van der Waals surface area (Å²) in [6.45, 7) is 2.08. The Balaban J connectivity index is 1.73. The summed E-state index contributed by atoms with van der Waals surface area (Å²) in [6, 6.07) is 24.7. The highest BCUT2D eigenvalue weighted by atomic mass is 35.5. The molecule has 1 aliphatic rings. The van der Waals surface area contributed by atoms with Gasteiger partial charge >= 0.3 is 0 Å². The van der Waals surface area contributed by atoms with Crippen molar-refractivity contribution in [1.82, 2.24) is 14.9 Å². The summed E-state index contributed by atoms with van der Waals surface area (Å²) in [5.41, 5.74) is 4.59. The van der Waals surface area contributed by atoms with Crippen LogP contribution in [0.15, 0.2) is 85.1 Å². The minimum absolute atomic E-state index is 0.111. The topological polar surface area (TPSA) is 53.3 Å². The average Bonchev–Trinajstić information content (AvgIpc) is 3.36. The van der Waals surface area contributed by atoms with Crippen LogP contribution >= 0.6 is 23.8 Å². The van der Waals surface area contributed by atoms with Gasteiger partial charge in [-0.05, 0) is 73.7 Å². The first-order chi connectivity index (χ1) is 15.5. The molecule has 0 aliphatic carbocycles. The van der Waals surface area contributed by atoms with Gasteiger partial charge in [-0.15, -0.1) is 0 Å². The number of rotatable bonds is 4. The molecule has 4 aromatic rings. The van der Waals surface area contributed by atoms with Crippen LogP contribution in [0.25, 0.3) is 5.69 Å². The molecule has 2 aromatic carbocycles. The van der Waals surface area contributed by atoms with Crippen LogP contribution in [0.3, 0.4) is 0 Å². The highest BCUT2D eigenvalue weighted by Gasteiger charge is 2.43. The lowest BCUT2D eigenvalue weighted by Crippen LogP contribution is -2.30. The molecule has 5 nitrogen and oxygen atoms in total. The maximum absolute atomic E-state index is 10.7. The van der Waals surface area contributed by atoms with E-state index in [4.69, 9.17) is 23.8 Å². The zero-order valence-corrected chi connectivity index (χ0v) is 18.9. The first-order valence-electron chi connectivity index (χ1n) is 10.3. The molecule has 0 amide bonds. The summed E-state index contributed by atoms with van der Waals surface area (Å²) in [7, 11) is 0. The van der Waals surface area contributed by atoms with Crippen molar-refractivity contribution in [3.63, 3.8) is 0 Å². The normalized spacial score (nSPS) is 18.1. The van der Waals surface area contributed by atoms with E-state index in [9.17, 15) is 5.11 Å². The van der Waals surface area contributed by atoms with E-state index in [2.05, 4.69) is 46.1 Å². The lowest BCUT2D eigenvalue weighted by atomic mass is 10.0. The number of hydrogen-bond acceptors (Lipinski definition) is 3. The van der Waals surface area contributed by atoms with Gasteiger partial charge in [0.05, 0.1) is 17.4 Å². The Bertz CT molecular complexity index is 1280. The number of nitrogens with one attached hydrogen (secondary N) is 1. The number of aryl methyl sites for hydroxylation is 1. The smallest absolute Gasteiger partial charge is 0.174 e. The fourth-order valence-electron chi connectivity index (χ4n) is 4.32. The Labute approximate surface area is 196 Å². The molecule has 0 radical (unpaired) electrons. The predicted molar refractivity (Wildman–Crippen MR) is 132 cm³/mol. The van der Waals surface area contributed by atoms with Crippen LogP contribution in [-0.4, -0.2) is 19.8 Å². The van der Waals surface area contributed by atoms with E-state index in [1.54, 1.807) is 24.4 Å². The molecule has 160 valence electrons.